The molecular weight excluding hydrogens is 310 g/mol. The molecule has 0 radical (unpaired) electrons. The highest BCUT2D eigenvalue weighted by Crippen LogP contribution is 2.36. The number of hydrogen-bond donors (Lipinski definition) is 1. The number of piperidine rings is 1. The molecule has 1 aromatic carbocycles. The van der Waals surface area contributed by atoms with Gasteiger partial charge >= 0.3 is 0 Å². The van der Waals surface area contributed by atoms with Gasteiger partial charge in [-0.25, -0.2) is 8.78 Å². The van der Waals surface area contributed by atoms with E-state index in [0.717, 1.165) is 51.2 Å². The molecule has 1 N–H and O–H groups in total. The Balaban J connectivity index is 0.00000176. The number of rotatable bonds is 2. The van der Waals surface area contributed by atoms with E-state index in [2.05, 4.69) is 5.32 Å². The molecule has 6 heteroatoms. The average molecular weight is 331 g/mol. The summed E-state index contributed by atoms with van der Waals surface area (Å²) < 4.78 is 26.0. The van der Waals surface area contributed by atoms with Crippen LogP contribution in [0.5, 0.6) is 0 Å². The molecular formula is C16H21ClF2N2O. The lowest BCUT2D eigenvalue weighted by atomic mass is 9.78. The van der Waals surface area contributed by atoms with Crippen LogP contribution < -0.4 is 5.32 Å². The molecule has 3 nitrogen and oxygen atoms in total. The number of carbonyl (C=O) groups is 1. The van der Waals surface area contributed by atoms with Gasteiger partial charge < -0.3 is 10.2 Å². The van der Waals surface area contributed by atoms with Gasteiger partial charge in [-0.15, -0.1) is 12.4 Å². The van der Waals surface area contributed by atoms with Crippen LogP contribution in [0.4, 0.5) is 8.78 Å². The van der Waals surface area contributed by atoms with Gasteiger partial charge in [-0.05, 0) is 48.9 Å². The summed E-state index contributed by atoms with van der Waals surface area (Å²) >= 11 is 0. The SMILES string of the molecule is Cl.O=C(Cc1ccc(F)c(F)c1)N1CCC2(CCNC2)CC1. The zero-order valence-corrected chi connectivity index (χ0v) is 13.2. The first-order valence-corrected chi connectivity index (χ1v) is 7.50. The van der Waals surface area contributed by atoms with E-state index in [-0.39, 0.29) is 24.7 Å². The molecule has 2 saturated heterocycles. The second-order valence-corrected chi connectivity index (χ2v) is 6.23. The van der Waals surface area contributed by atoms with Crippen LogP contribution in [0.25, 0.3) is 0 Å². The van der Waals surface area contributed by atoms with Crippen LogP contribution in [0.1, 0.15) is 24.8 Å². The zero-order chi connectivity index (χ0) is 14.9. The van der Waals surface area contributed by atoms with Crippen molar-refractivity contribution in [2.75, 3.05) is 26.2 Å². The van der Waals surface area contributed by atoms with Gasteiger partial charge in [0.1, 0.15) is 0 Å². The first-order valence-electron chi connectivity index (χ1n) is 7.50. The van der Waals surface area contributed by atoms with Crippen molar-refractivity contribution < 1.29 is 13.6 Å². The number of benzene rings is 1. The lowest BCUT2D eigenvalue weighted by Crippen LogP contribution is -2.44. The fraction of sp³-hybridized carbons (Fsp3) is 0.562. The van der Waals surface area contributed by atoms with E-state index in [9.17, 15) is 13.6 Å². The standard InChI is InChI=1S/C16H20F2N2O.ClH/c17-13-2-1-12(9-14(13)18)10-15(21)20-7-4-16(5-8-20)3-6-19-11-16;/h1-2,9,19H,3-8,10-11H2;1H. The third-order valence-electron chi connectivity index (χ3n) is 4.85. The number of hydrogen-bond acceptors (Lipinski definition) is 2. The van der Waals surface area contributed by atoms with Crippen molar-refractivity contribution in [3.8, 4) is 0 Å². The Hall–Kier alpha value is -1.20. The summed E-state index contributed by atoms with van der Waals surface area (Å²) in [4.78, 5) is 14.1. The highest BCUT2D eigenvalue weighted by atomic mass is 35.5. The molecule has 3 rings (SSSR count). The van der Waals surface area contributed by atoms with Gasteiger partial charge in [0.25, 0.3) is 0 Å². The van der Waals surface area contributed by atoms with Gasteiger partial charge in [-0.1, -0.05) is 6.07 Å². The highest BCUT2D eigenvalue weighted by Gasteiger charge is 2.37. The minimum Gasteiger partial charge on any atom is -0.342 e. The Morgan fingerprint density at radius 3 is 2.50 bits per heavy atom. The number of likely N-dealkylation sites (tertiary alicyclic amines) is 1. The van der Waals surface area contributed by atoms with Gasteiger partial charge in [0.15, 0.2) is 11.6 Å². The molecule has 1 amide bonds. The number of amides is 1. The summed E-state index contributed by atoms with van der Waals surface area (Å²) in [6, 6.07) is 3.66. The monoisotopic (exact) mass is 330 g/mol. The molecule has 0 unspecified atom stereocenters. The van der Waals surface area contributed by atoms with E-state index < -0.39 is 11.6 Å². The second-order valence-electron chi connectivity index (χ2n) is 6.23. The molecule has 2 aliphatic heterocycles. The Bertz CT molecular complexity index is 537. The predicted octanol–water partition coefficient (Wildman–Crippen LogP) is 2.53. The lowest BCUT2D eigenvalue weighted by Gasteiger charge is -2.39. The maximum Gasteiger partial charge on any atom is 0.226 e. The fourth-order valence-electron chi connectivity index (χ4n) is 3.39. The Morgan fingerprint density at radius 2 is 1.91 bits per heavy atom. The first kappa shape index (κ1) is 17.2. The van der Waals surface area contributed by atoms with Gasteiger partial charge in [0.05, 0.1) is 6.42 Å². The highest BCUT2D eigenvalue weighted by molar-refractivity contribution is 5.85. The van der Waals surface area contributed by atoms with Crippen LogP contribution in [0.2, 0.25) is 0 Å². The van der Waals surface area contributed by atoms with Crippen molar-refractivity contribution in [3.05, 3.63) is 35.4 Å². The van der Waals surface area contributed by atoms with Crippen molar-refractivity contribution in [1.29, 1.82) is 0 Å². The second kappa shape index (κ2) is 6.92. The molecule has 0 atom stereocenters. The molecule has 0 aliphatic carbocycles. The largest absolute Gasteiger partial charge is 0.342 e. The molecule has 0 bridgehead atoms. The van der Waals surface area contributed by atoms with E-state index in [4.69, 9.17) is 0 Å². The van der Waals surface area contributed by atoms with Gasteiger partial charge in [0, 0.05) is 19.6 Å². The van der Waals surface area contributed by atoms with Gasteiger partial charge in [-0.3, -0.25) is 4.79 Å². The van der Waals surface area contributed by atoms with E-state index in [1.807, 2.05) is 4.90 Å². The molecule has 2 fully saturated rings. The van der Waals surface area contributed by atoms with Crippen LogP contribution in [-0.4, -0.2) is 37.0 Å². The number of carbonyl (C=O) groups excluding carboxylic acids is 1. The van der Waals surface area contributed by atoms with Gasteiger partial charge in [-0.2, -0.15) is 0 Å². The maximum atomic E-state index is 13.2. The molecule has 1 spiro atoms. The normalized spacial score (nSPS) is 20.0. The summed E-state index contributed by atoms with van der Waals surface area (Å²) in [5.41, 5.74) is 0.903. The summed E-state index contributed by atoms with van der Waals surface area (Å²) in [5.74, 6) is -1.77. The van der Waals surface area contributed by atoms with Crippen molar-refractivity contribution >= 4 is 18.3 Å². The first-order chi connectivity index (χ1) is 10.1. The maximum absolute atomic E-state index is 13.2. The van der Waals surface area contributed by atoms with E-state index in [1.165, 1.54) is 12.5 Å². The zero-order valence-electron chi connectivity index (χ0n) is 12.4. The molecule has 0 saturated carbocycles. The average Bonchev–Trinajstić information content (AvgIpc) is 2.92. The minimum absolute atomic E-state index is 0. The summed E-state index contributed by atoms with van der Waals surface area (Å²) in [6.07, 6.45) is 3.40. The fourth-order valence-corrected chi connectivity index (χ4v) is 3.39. The van der Waals surface area contributed by atoms with E-state index >= 15 is 0 Å². The van der Waals surface area contributed by atoms with Crippen LogP contribution in [-0.2, 0) is 11.2 Å². The van der Waals surface area contributed by atoms with Crippen LogP contribution in [0, 0.1) is 17.0 Å². The smallest absolute Gasteiger partial charge is 0.226 e. The molecule has 2 heterocycles. The summed E-state index contributed by atoms with van der Waals surface area (Å²) in [7, 11) is 0. The van der Waals surface area contributed by atoms with E-state index in [0.29, 0.717) is 11.0 Å². The minimum atomic E-state index is -0.894. The molecule has 22 heavy (non-hydrogen) atoms. The van der Waals surface area contributed by atoms with Gasteiger partial charge in [0.2, 0.25) is 5.91 Å². The predicted molar refractivity (Wildman–Crippen MR) is 83.0 cm³/mol. The van der Waals surface area contributed by atoms with Crippen molar-refractivity contribution in [2.45, 2.75) is 25.7 Å². The Morgan fingerprint density at radius 1 is 1.18 bits per heavy atom. The molecule has 0 aromatic heterocycles. The molecule has 1 aromatic rings. The van der Waals surface area contributed by atoms with Crippen molar-refractivity contribution in [3.63, 3.8) is 0 Å². The molecule has 122 valence electrons. The topological polar surface area (TPSA) is 32.3 Å². The van der Waals surface area contributed by atoms with Crippen molar-refractivity contribution in [1.82, 2.24) is 10.2 Å². The number of halogens is 3. The summed E-state index contributed by atoms with van der Waals surface area (Å²) in [5, 5.41) is 3.40. The van der Waals surface area contributed by atoms with E-state index in [1.54, 1.807) is 0 Å². The third kappa shape index (κ3) is 3.58. The third-order valence-corrected chi connectivity index (χ3v) is 4.85. The van der Waals surface area contributed by atoms with Crippen LogP contribution >= 0.6 is 12.4 Å². The number of nitrogens with zero attached hydrogens (tertiary/aromatic N) is 1. The Labute approximate surface area is 135 Å². The molecule has 2 aliphatic rings. The quantitative estimate of drug-likeness (QED) is 0.903. The Kier molecular flexibility index (Phi) is 5.40. The number of nitrogens with one attached hydrogen (secondary N) is 1. The summed E-state index contributed by atoms with van der Waals surface area (Å²) in [6.45, 7) is 3.66. The van der Waals surface area contributed by atoms with Crippen LogP contribution in [0.15, 0.2) is 18.2 Å². The van der Waals surface area contributed by atoms with Crippen LogP contribution in [0.3, 0.4) is 0 Å². The van der Waals surface area contributed by atoms with Crippen molar-refractivity contribution in [2.24, 2.45) is 5.41 Å². The lowest BCUT2D eigenvalue weighted by molar-refractivity contribution is -0.132.